The largest absolute Gasteiger partial charge is 0.479 e. The van der Waals surface area contributed by atoms with Gasteiger partial charge in [-0.15, -0.1) is 0 Å². The third-order valence-electron chi connectivity index (χ3n) is 4.37. The van der Waals surface area contributed by atoms with Gasteiger partial charge in [-0.1, -0.05) is 19.3 Å². The van der Waals surface area contributed by atoms with Crippen molar-refractivity contribution in [3.8, 4) is 0 Å². The molecule has 0 aromatic carbocycles. The summed E-state index contributed by atoms with van der Waals surface area (Å²) in [7, 11) is 1.68. The molecule has 2 N–H and O–H groups in total. The Bertz CT molecular complexity index is 365. The van der Waals surface area contributed by atoms with Gasteiger partial charge in [0.1, 0.15) is 6.10 Å². The monoisotopic (exact) mass is 285 g/mol. The highest BCUT2D eigenvalue weighted by molar-refractivity contribution is 5.82. The van der Waals surface area contributed by atoms with Crippen molar-refractivity contribution >= 4 is 11.9 Å². The molecule has 2 rings (SSSR count). The molecule has 0 radical (unpaired) electrons. The van der Waals surface area contributed by atoms with Crippen LogP contribution in [0.15, 0.2) is 0 Å². The molecule has 1 amide bonds. The quantitative estimate of drug-likeness (QED) is 0.789. The van der Waals surface area contributed by atoms with Crippen LogP contribution >= 0.6 is 0 Å². The van der Waals surface area contributed by atoms with E-state index < -0.39 is 18.2 Å². The fourth-order valence-corrected chi connectivity index (χ4v) is 3.02. The Kier molecular flexibility index (Phi) is 4.99. The highest BCUT2D eigenvalue weighted by Gasteiger charge is 2.37. The molecule has 0 aromatic heterocycles. The maximum atomic E-state index is 12.0. The number of carboxylic acids is 1. The van der Waals surface area contributed by atoms with Crippen molar-refractivity contribution < 1.29 is 24.2 Å². The number of hydrogen-bond donors (Lipinski definition) is 2. The van der Waals surface area contributed by atoms with Crippen molar-refractivity contribution in [3.63, 3.8) is 0 Å². The fraction of sp³-hybridized carbons (Fsp3) is 0.857. The van der Waals surface area contributed by atoms with Crippen molar-refractivity contribution in [2.45, 2.75) is 62.8 Å². The number of carboxylic acid groups (broad SMARTS) is 1. The van der Waals surface area contributed by atoms with E-state index in [-0.39, 0.29) is 11.5 Å². The number of nitrogens with one attached hydrogen (secondary N) is 1. The van der Waals surface area contributed by atoms with Gasteiger partial charge in [0, 0.05) is 13.7 Å². The van der Waals surface area contributed by atoms with Crippen molar-refractivity contribution in [1.82, 2.24) is 5.32 Å². The van der Waals surface area contributed by atoms with Crippen LogP contribution in [0.2, 0.25) is 0 Å². The van der Waals surface area contributed by atoms with Crippen LogP contribution in [0.1, 0.15) is 44.9 Å². The molecule has 6 nitrogen and oxygen atoms in total. The number of amides is 1. The molecule has 20 heavy (non-hydrogen) atoms. The van der Waals surface area contributed by atoms with E-state index in [1.807, 2.05) is 0 Å². The predicted octanol–water partition coefficient (Wildman–Crippen LogP) is 1.08. The van der Waals surface area contributed by atoms with E-state index in [1.54, 1.807) is 7.11 Å². The van der Waals surface area contributed by atoms with E-state index in [9.17, 15) is 9.59 Å². The SMILES string of the molecule is COC1(CNC(=O)[C@@H]2CC[C@H](C(=O)O)O2)CCCCC1. The van der Waals surface area contributed by atoms with Gasteiger partial charge in [-0.05, 0) is 25.7 Å². The summed E-state index contributed by atoms with van der Waals surface area (Å²) in [6.45, 7) is 0.472. The van der Waals surface area contributed by atoms with Gasteiger partial charge in [0.05, 0.1) is 5.60 Å². The Balaban J connectivity index is 1.81. The minimum absolute atomic E-state index is 0.226. The fourth-order valence-electron chi connectivity index (χ4n) is 3.02. The van der Waals surface area contributed by atoms with Crippen LogP contribution < -0.4 is 5.32 Å². The van der Waals surface area contributed by atoms with Gasteiger partial charge in [-0.25, -0.2) is 4.79 Å². The lowest BCUT2D eigenvalue weighted by molar-refractivity contribution is -0.152. The highest BCUT2D eigenvalue weighted by atomic mass is 16.5. The maximum absolute atomic E-state index is 12.0. The molecule has 2 atom stereocenters. The minimum atomic E-state index is -0.999. The van der Waals surface area contributed by atoms with Gasteiger partial charge in [0.2, 0.25) is 5.91 Å². The van der Waals surface area contributed by atoms with E-state index in [2.05, 4.69) is 5.32 Å². The molecule has 1 saturated carbocycles. The van der Waals surface area contributed by atoms with Gasteiger partial charge in [0.25, 0.3) is 0 Å². The smallest absolute Gasteiger partial charge is 0.332 e. The Hall–Kier alpha value is -1.14. The number of methoxy groups -OCH3 is 1. The average Bonchev–Trinajstić information content (AvgIpc) is 2.96. The molecule has 0 aromatic rings. The molecule has 0 unspecified atom stereocenters. The normalized spacial score (nSPS) is 29.1. The summed E-state index contributed by atoms with van der Waals surface area (Å²) in [5, 5.41) is 11.7. The third-order valence-corrected chi connectivity index (χ3v) is 4.37. The number of carbonyl (C=O) groups is 2. The van der Waals surface area contributed by atoms with Crippen LogP contribution in [0.3, 0.4) is 0 Å². The molecule has 1 saturated heterocycles. The van der Waals surface area contributed by atoms with Crippen molar-refractivity contribution in [2.75, 3.05) is 13.7 Å². The van der Waals surface area contributed by atoms with Gasteiger partial charge in [0.15, 0.2) is 6.10 Å². The van der Waals surface area contributed by atoms with E-state index in [1.165, 1.54) is 6.42 Å². The Morgan fingerprint density at radius 2 is 1.90 bits per heavy atom. The molecule has 1 heterocycles. The van der Waals surface area contributed by atoms with Crippen molar-refractivity contribution in [3.05, 3.63) is 0 Å². The van der Waals surface area contributed by atoms with Gasteiger partial charge < -0.3 is 19.9 Å². The highest BCUT2D eigenvalue weighted by Crippen LogP contribution is 2.30. The standard InChI is InChI=1S/C14H23NO5/c1-19-14(7-3-2-4-8-14)9-15-12(16)10-5-6-11(20-10)13(17)18/h10-11H,2-9H2,1H3,(H,15,16)(H,17,18)/t10-,11+/m0/s1. The molecule has 1 aliphatic heterocycles. The zero-order valence-corrected chi connectivity index (χ0v) is 11.9. The molecule has 2 aliphatic rings. The van der Waals surface area contributed by atoms with Crippen LogP contribution in [0, 0.1) is 0 Å². The van der Waals surface area contributed by atoms with Gasteiger partial charge in [-0.3, -0.25) is 4.79 Å². The summed E-state index contributed by atoms with van der Waals surface area (Å²) >= 11 is 0. The van der Waals surface area contributed by atoms with Crippen LogP contribution in [0.25, 0.3) is 0 Å². The van der Waals surface area contributed by atoms with Crippen LogP contribution in [-0.2, 0) is 19.1 Å². The molecule has 0 spiro atoms. The first kappa shape index (κ1) is 15.3. The molecule has 0 bridgehead atoms. The summed E-state index contributed by atoms with van der Waals surface area (Å²) in [6, 6.07) is 0. The maximum Gasteiger partial charge on any atom is 0.332 e. The summed E-state index contributed by atoms with van der Waals surface area (Å²) < 4.78 is 10.8. The zero-order chi connectivity index (χ0) is 14.6. The number of aliphatic carboxylic acids is 1. The summed E-state index contributed by atoms with van der Waals surface area (Å²) in [5.74, 6) is -1.23. The van der Waals surface area contributed by atoms with Gasteiger partial charge >= 0.3 is 5.97 Å². The van der Waals surface area contributed by atoms with Gasteiger partial charge in [-0.2, -0.15) is 0 Å². The lowest BCUT2D eigenvalue weighted by Gasteiger charge is -2.36. The predicted molar refractivity (Wildman–Crippen MR) is 71.4 cm³/mol. The zero-order valence-electron chi connectivity index (χ0n) is 11.9. The van der Waals surface area contributed by atoms with Crippen LogP contribution in [0.5, 0.6) is 0 Å². The van der Waals surface area contributed by atoms with Crippen molar-refractivity contribution in [2.24, 2.45) is 0 Å². The first-order valence-electron chi connectivity index (χ1n) is 7.27. The second-order valence-corrected chi connectivity index (χ2v) is 5.69. The molecule has 2 fully saturated rings. The minimum Gasteiger partial charge on any atom is -0.479 e. The first-order valence-corrected chi connectivity index (χ1v) is 7.27. The second kappa shape index (κ2) is 6.54. The first-order chi connectivity index (χ1) is 9.56. The Morgan fingerprint density at radius 1 is 1.25 bits per heavy atom. The summed E-state index contributed by atoms with van der Waals surface area (Å²) in [6.07, 6.45) is 4.71. The Labute approximate surface area is 118 Å². The Morgan fingerprint density at radius 3 is 2.45 bits per heavy atom. The van der Waals surface area contributed by atoms with E-state index in [4.69, 9.17) is 14.6 Å². The molecule has 6 heteroatoms. The summed E-state index contributed by atoms with van der Waals surface area (Å²) in [4.78, 5) is 22.8. The number of hydrogen-bond acceptors (Lipinski definition) is 4. The van der Waals surface area contributed by atoms with E-state index in [0.29, 0.717) is 19.4 Å². The van der Waals surface area contributed by atoms with Crippen LogP contribution in [-0.4, -0.2) is 48.4 Å². The lowest BCUT2D eigenvalue weighted by atomic mass is 9.84. The molecule has 1 aliphatic carbocycles. The number of rotatable bonds is 5. The lowest BCUT2D eigenvalue weighted by Crippen LogP contribution is -2.48. The van der Waals surface area contributed by atoms with Crippen LogP contribution in [0.4, 0.5) is 0 Å². The van der Waals surface area contributed by atoms with E-state index in [0.717, 1.165) is 25.7 Å². The summed E-state index contributed by atoms with van der Waals surface area (Å²) in [5.41, 5.74) is -0.265. The molecule has 114 valence electrons. The van der Waals surface area contributed by atoms with Crippen molar-refractivity contribution in [1.29, 1.82) is 0 Å². The molecular formula is C14H23NO5. The number of carbonyl (C=O) groups excluding carboxylic acids is 1. The average molecular weight is 285 g/mol. The second-order valence-electron chi connectivity index (χ2n) is 5.69. The number of ether oxygens (including phenoxy) is 2. The van der Waals surface area contributed by atoms with E-state index >= 15 is 0 Å². The molecular weight excluding hydrogens is 262 g/mol. The topological polar surface area (TPSA) is 84.9 Å². The third kappa shape index (κ3) is 3.49.